The molecule has 0 bridgehead atoms. The van der Waals surface area contributed by atoms with Crippen LogP contribution in [0.15, 0.2) is 0 Å². The highest BCUT2D eigenvalue weighted by atomic mass is 32.2. The van der Waals surface area contributed by atoms with Gasteiger partial charge in [-0.1, -0.05) is 96.8 Å². The second-order valence-electron chi connectivity index (χ2n) is 8.71. The predicted molar refractivity (Wildman–Crippen MR) is 125 cm³/mol. The average Bonchev–Trinajstić information content (AvgIpc) is 2.73. The van der Waals surface area contributed by atoms with E-state index in [4.69, 9.17) is 4.74 Å². The highest BCUT2D eigenvalue weighted by Gasteiger charge is 2.12. The van der Waals surface area contributed by atoms with Crippen molar-refractivity contribution in [1.29, 1.82) is 0 Å². The molecule has 1 saturated carbocycles. The largest absolute Gasteiger partial charge is 0.378 e. The predicted octanol–water partition coefficient (Wildman–Crippen LogP) is 8.12. The molecule has 3 heteroatoms. The average molecular weight is 413 g/mol. The summed E-state index contributed by atoms with van der Waals surface area (Å²) < 4.78 is 6.00. The summed E-state index contributed by atoms with van der Waals surface area (Å²) in [6.45, 7) is 3.18. The molecule has 0 spiro atoms. The number of rotatable bonds is 20. The van der Waals surface area contributed by atoms with Gasteiger partial charge in [-0.2, -0.15) is 11.8 Å². The first kappa shape index (κ1) is 26.0. The summed E-state index contributed by atoms with van der Waals surface area (Å²) >= 11 is 1.84. The Morgan fingerprint density at radius 1 is 0.821 bits per heavy atom. The Morgan fingerprint density at radius 3 is 1.89 bits per heavy atom. The third kappa shape index (κ3) is 15.9. The number of carbonyl (C=O) groups is 1. The van der Waals surface area contributed by atoms with Gasteiger partial charge in [0.25, 0.3) is 0 Å². The van der Waals surface area contributed by atoms with E-state index in [9.17, 15) is 4.79 Å². The van der Waals surface area contributed by atoms with E-state index < -0.39 is 0 Å². The van der Waals surface area contributed by atoms with E-state index in [1.807, 2.05) is 11.8 Å². The minimum atomic E-state index is 0.249. The van der Waals surface area contributed by atoms with E-state index in [0.717, 1.165) is 25.1 Å². The van der Waals surface area contributed by atoms with Crippen LogP contribution in [-0.4, -0.2) is 30.0 Å². The number of unbranched alkanes of at least 4 members (excludes halogenated alkanes) is 11. The van der Waals surface area contributed by atoms with Crippen molar-refractivity contribution in [3.63, 3.8) is 0 Å². The first-order valence-electron chi connectivity index (χ1n) is 12.5. The standard InChI is InChI=1S/C25H48O2S/c1-2-22-28-25(23-26)20-16-11-9-7-5-3-4-6-8-10-12-17-21-27-24-18-14-13-15-19-24/h23-25H,2-22H2,1H3. The number of carbonyl (C=O) groups excluding carboxylic acids is 1. The van der Waals surface area contributed by atoms with Crippen molar-refractivity contribution in [3.05, 3.63) is 0 Å². The molecule has 1 unspecified atom stereocenters. The van der Waals surface area contributed by atoms with Crippen LogP contribution in [0.1, 0.15) is 129 Å². The van der Waals surface area contributed by atoms with Crippen molar-refractivity contribution in [1.82, 2.24) is 0 Å². The molecule has 0 aromatic carbocycles. The van der Waals surface area contributed by atoms with E-state index in [0.29, 0.717) is 6.10 Å². The quantitative estimate of drug-likeness (QED) is 0.149. The fourth-order valence-electron chi connectivity index (χ4n) is 4.16. The Bertz CT molecular complexity index is 329. The molecule has 0 N–H and O–H groups in total. The maximum atomic E-state index is 11.0. The highest BCUT2D eigenvalue weighted by molar-refractivity contribution is 8.00. The second-order valence-corrected chi connectivity index (χ2v) is 10.1. The monoisotopic (exact) mass is 412 g/mol. The molecule has 0 saturated heterocycles. The van der Waals surface area contributed by atoms with Crippen molar-refractivity contribution in [2.24, 2.45) is 0 Å². The summed E-state index contributed by atoms with van der Waals surface area (Å²) in [6, 6.07) is 0. The van der Waals surface area contributed by atoms with Gasteiger partial charge in [0.2, 0.25) is 0 Å². The van der Waals surface area contributed by atoms with Crippen molar-refractivity contribution in [2.45, 2.75) is 140 Å². The molecule has 0 amide bonds. The van der Waals surface area contributed by atoms with Crippen LogP contribution in [0.3, 0.4) is 0 Å². The zero-order valence-corrected chi connectivity index (χ0v) is 19.6. The van der Waals surface area contributed by atoms with Gasteiger partial charge in [-0.25, -0.2) is 0 Å². The molecule has 0 radical (unpaired) electrons. The van der Waals surface area contributed by atoms with Gasteiger partial charge in [-0.3, -0.25) is 0 Å². The van der Waals surface area contributed by atoms with Crippen LogP contribution in [-0.2, 0) is 9.53 Å². The van der Waals surface area contributed by atoms with Crippen molar-refractivity contribution < 1.29 is 9.53 Å². The third-order valence-corrected chi connectivity index (χ3v) is 7.40. The zero-order valence-electron chi connectivity index (χ0n) is 18.8. The fraction of sp³-hybridized carbons (Fsp3) is 0.960. The Labute approximate surface area is 180 Å². The Hall–Kier alpha value is -0.0200. The van der Waals surface area contributed by atoms with Gasteiger partial charge in [0.05, 0.1) is 11.4 Å². The Kier molecular flexibility index (Phi) is 18.8. The molecule has 166 valence electrons. The van der Waals surface area contributed by atoms with Crippen LogP contribution in [0.4, 0.5) is 0 Å². The van der Waals surface area contributed by atoms with E-state index in [1.165, 1.54) is 116 Å². The van der Waals surface area contributed by atoms with Crippen molar-refractivity contribution in [2.75, 3.05) is 12.4 Å². The van der Waals surface area contributed by atoms with E-state index in [1.54, 1.807) is 0 Å². The number of hydrogen-bond acceptors (Lipinski definition) is 3. The van der Waals surface area contributed by atoms with E-state index in [-0.39, 0.29) is 5.25 Å². The van der Waals surface area contributed by atoms with Crippen LogP contribution in [0.2, 0.25) is 0 Å². The molecule has 2 nitrogen and oxygen atoms in total. The smallest absolute Gasteiger partial charge is 0.132 e. The maximum Gasteiger partial charge on any atom is 0.132 e. The molecule has 0 heterocycles. The topological polar surface area (TPSA) is 26.3 Å². The summed E-state index contributed by atoms with van der Waals surface area (Å²) in [6.07, 6.45) is 27.1. The van der Waals surface area contributed by atoms with Crippen LogP contribution < -0.4 is 0 Å². The molecule has 1 aliphatic rings. The molecule has 0 aromatic heterocycles. The Balaban J connectivity index is 1.72. The van der Waals surface area contributed by atoms with E-state index in [2.05, 4.69) is 6.92 Å². The van der Waals surface area contributed by atoms with Crippen LogP contribution >= 0.6 is 11.8 Å². The third-order valence-electron chi connectivity index (χ3n) is 5.98. The van der Waals surface area contributed by atoms with Gasteiger partial charge in [0.15, 0.2) is 0 Å². The molecule has 1 fully saturated rings. The first-order valence-corrected chi connectivity index (χ1v) is 13.6. The van der Waals surface area contributed by atoms with Gasteiger partial charge < -0.3 is 9.53 Å². The number of hydrogen-bond donors (Lipinski definition) is 0. The van der Waals surface area contributed by atoms with Crippen molar-refractivity contribution in [3.8, 4) is 0 Å². The lowest BCUT2D eigenvalue weighted by Crippen LogP contribution is -2.17. The minimum absolute atomic E-state index is 0.249. The molecule has 1 rings (SSSR count). The van der Waals surface area contributed by atoms with Gasteiger partial charge >= 0.3 is 0 Å². The van der Waals surface area contributed by atoms with Crippen LogP contribution in [0.5, 0.6) is 0 Å². The Morgan fingerprint density at radius 2 is 1.36 bits per heavy atom. The molecule has 1 atom stereocenters. The molecular formula is C25H48O2S. The second kappa shape index (κ2) is 20.3. The number of ether oxygens (including phenoxy) is 1. The minimum Gasteiger partial charge on any atom is -0.378 e. The van der Waals surface area contributed by atoms with Crippen LogP contribution in [0.25, 0.3) is 0 Å². The van der Waals surface area contributed by atoms with Gasteiger partial charge in [-0.05, 0) is 37.9 Å². The van der Waals surface area contributed by atoms with Crippen molar-refractivity contribution >= 4 is 18.0 Å². The molecular weight excluding hydrogens is 364 g/mol. The number of aldehydes is 1. The summed E-state index contributed by atoms with van der Waals surface area (Å²) in [4.78, 5) is 11.0. The first-order chi connectivity index (χ1) is 13.9. The lowest BCUT2D eigenvalue weighted by Gasteiger charge is -2.21. The lowest BCUT2D eigenvalue weighted by molar-refractivity contribution is -0.107. The molecule has 28 heavy (non-hydrogen) atoms. The SMILES string of the molecule is CCCSC(C=O)CCCCCCCCCCCCCCOC1CCCCC1. The maximum absolute atomic E-state index is 11.0. The highest BCUT2D eigenvalue weighted by Crippen LogP contribution is 2.21. The van der Waals surface area contributed by atoms with Crippen LogP contribution in [0, 0.1) is 0 Å². The summed E-state index contributed by atoms with van der Waals surface area (Å²) in [7, 11) is 0. The normalized spacial score (nSPS) is 16.3. The molecule has 0 aliphatic heterocycles. The fourth-order valence-corrected chi connectivity index (χ4v) is 5.11. The molecule has 1 aliphatic carbocycles. The van der Waals surface area contributed by atoms with Gasteiger partial charge in [0.1, 0.15) is 6.29 Å². The summed E-state index contributed by atoms with van der Waals surface area (Å²) in [5, 5.41) is 0.249. The number of thioether (sulfide) groups is 1. The molecule has 0 aromatic rings. The summed E-state index contributed by atoms with van der Waals surface area (Å²) in [5.74, 6) is 1.12. The summed E-state index contributed by atoms with van der Waals surface area (Å²) in [5.41, 5.74) is 0. The van der Waals surface area contributed by atoms with E-state index >= 15 is 0 Å². The zero-order chi connectivity index (χ0) is 20.1. The van der Waals surface area contributed by atoms with Gasteiger partial charge in [0, 0.05) is 6.61 Å². The van der Waals surface area contributed by atoms with Gasteiger partial charge in [-0.15, -0.1) is 0 Å². The lowest BCUT2D eigenvalue weighted by atomic mass is 9.98.